The first-order valence-corrected chi connectivity index (χ1v) is 20.7. The molecular formula is C55H35NOS. The van der Waals surface area contributed by atoms with Gasteiger partial charge in [0.2, 0.25) is 0 Å². The quantitative estimate of drug-likeness (QED) is 0.168. The second-order valence-electron chi connectivity index (χ2n) is 15.2. The number of benzene rings is 9. The average Bonchev–Trinajstić information content (AvgIpc) is 3.96. The molecule has 0 saturated heterocycles. The van der Waals surface area contributed by atoms with Crippen molar-refractivity contribution in [2.45, 2.75) is 5.41 Å². The van der Waals surface area contributed by atoms with Gasteiger partial charge in [-0.3, -0.25) is 0 Å². The van der Waals surface area contributed by atoms with Crippen molar-refractivity contribution < 1.29 is 4.42 Å². The number of thiophene rings is 1. The first kappa shape index (κ1) is 33.0. The Hall–Kier alpha value is -7.20. The Labute approximate surface area is 340 Å². The maximum atomic E-state index is 6.63. The van der Waals surface area contributed by atoms with E-state index in [4.69, 9.17) is 4.42 Å². The van der Waals surface area contributed by atoms with Crippen molar-refractivity contribution in [2.24, 2.45) is 0 Å². The first-order valence-electron chi connectivity index (χ1n) is 19.8. The summed E-state index contributed by atoms with van der Waals surface area (Å²) in [6.07, 6.45) is 0. The molecule has 1 aliphatic rings. The molecule has 0 amide bonds. The van der Waals surface area contributed by atoms with Crippen LogP contribution in [-0.4, -0.2) is 0 Å². The lowest BCUT2D eigenvalue weighted by molar-refractivity contribution is 0.669. The second kappa shape index (κ2) is 12.9. The van der Waals surface area contributed by atoms with E-state index in [9.17, 15) is 0 Å². The Morgan fingerprint density at radius 2 is 0.966 bits per heavy atom. The second-order valence-corrected chi connectivity index (χ2v) is 16.2. The van der Waals surface area contributed by atoms with Gasteiger partial charge in [-0.05, 0) is 93.5 Å². The van der Waals surface area contributed by atoms with Gasteiger partial charge in [0, 0.05) is 53.6 Å². The molecule has 1 aliphatic carbocycles. The molecule has 2 nitrogen and oxygen atoms in total. The summed E-state index contributed by atoms with van der Waals surface area (Å²) >= 11 is 1.86. The number of anilines is 3. The van der Waals surface area contributed by atoms with Gasteiger partial charge in [-0.2, -0.15) is 0 Å². The number of rotatable bonds is 6. The van der Waals surface area contributed by atoms with Crippen LogP contribution in [0, 0.1) is 0 Å². The predicted octanol–water partition coefficient (Wildman–Crippen LogP) is 15.5. The molecular weight excluding hydrogens is 723 g/mol. The molecule has 272 valence electrons. The summed E-state index contributed by atoms with van der Waals surface area (Å²) in [4.78, 5) is 2.39. The van der Waals surface area contributed by atoms with E-state index in [-0.39, 0.29) is 0 Å². The summed E-state index contributed by atoms with van der Waals surface area (Å²) in [6.45, 7) is 0. The third kappa shape index (κ3) is 4.78. The minimum atomic E-state index is -0.500. The van der Waals surface area contributed by atoms with E-state index in [0.29, 0.717) is 0 Å². The van der Waals surface area contributed by atoms with Crippen LogP contribution in [0.25, 0.3) is 64.4 Å². The molecule has 0 aliphatic heterocycles. The molecule has 9 aromatic carbocycles. The van der Waals surface area contributed by atoms with Crippen molar-refractivity contribution in [3.63, 3.8) is 0 Å². The molecule has 0 radical (unpaired) electrons. The number of hydrogen-bond acceptors (Lipinski definition) is 3. The monoisotopic (exact) mass is 757 g/mol. The van der Waals surface area contributed by atoms with Crippen LogP contribution >= 0.6 is 11.3 Å². The van der Waals surface area contributed by atoms with Crippen molar-refractivity contribution in [3.8, 4) is 22.3 Å². The minimum absolute atomic E-state index is 0.500. The Balaban J connectivity index is 1.08. The van der Waals surface area contributed by atoms with E-state index in [1.807, 2.05) is 11.3 Å². The zero-order valence-corrected chi connectivity index (χ0v) is 32.3. The van der Waals surface area contributed by atoms with Crippen LogP contribution in [0.2, 0.25) is 0 Å². The molecule has 12 rings (SSSR count). The van der Waals surface area contributed by atoms with Crippen LogP contribution < -0.4 is 4.90 Å². The van der Waals surface area contributed by atoms with Gasteiger partial charge >= 0.3 is 0 Å². The lowest BCUT2D eigenvalue weighted by atomic mass is 9.67. The van der Waals surface area contributed by atoms with Gasteiger partial charge in [0.05, 0.1) is 5.41 Å². The zero-order chi connectivity index (χ0) is 38.2. The van der Waals surface area contributed by atoms with Gasteiger partial charge in [0.1, 0.15) is 11.2 Å². The fourth-order valence-electron chi connectivity index (χ4n) is 9.75. The van der Waals surface area contributed by atoms with E-state index in [1.54, 1.807) is 0 Å². The molecule has 3 heteroatoms. The van der Waals surface area contributed by atoms with E-state index in [1.165, 1.54) is 64.7 Å². The van der Waals surface area contributed by atoms with Gasteiger partial charge in [-0.25, -0.2) is 0 Å². The van der Waals surface area contributed by atoms with E-state index >= 15 is 0 Å². The maximum Gasteiger partial charge on any atom is 0.136 e. The summed E-state index contributed by atoms with van der Waals surface area (Å²) in [5, 5.41) is 4.82. The van der Waals surface area contributed by atoms with Crippen molar-refractivity contribution in [2.75, 3.05) is 4.90 Å². The molecule has 0 N–H and O–H groups in total. The minimum Gasteiger partial charge on any atom is -0.456 e. The van der Waals surface area contributed by atoms with E-state index in [2.05, 4.69) is 217 Å². The van der Waals surface area contributed by atoms with Crippen LogP contribution in [-0.2, 0) is 5.41 Å². The van der Waals surface area contributed by atoms with E-state index in [0.717, 1.165) is 39.0 Å². The molecule has 0 saturated carbocycles. The Morgan fingerprint density at radius 3 is 1.78 bits per heavy atom. The highest BCUT2D eigenvalue weighted by Crippen LogP contribution is 2.56. The third-order valence-electron chi connectivity index (χ3n) is 12.1. The van der Waals surface area contributed by atoms with Gasteiger partial charge in [-0.15, -0.1) is 11.3 Å². The predicted molar refractivity (Wildman–Crippen MR) is 244 cm³/mol. The van der Waals surface area contributed by atoms with Crippen LogP contribution in [0.1, 0.15) is 22.3 Å². The van der Waals surface area contributed by atoms with Crippen LogP contribution in [0.3, 0.4) is 0 Å². The Kier molecular flexibility index (Phi) is 7.35. The molecule has 2 aromatic heterocycles. The topological polar surface area (TPSA) is 16.4 Å². The van der Waals surface area contributed by atoms with Gasteiger partial charge in [0.15, 0.2) is 0 Å². The molecule has 0 atom stereocenters. The Morgan fingerprint density at radius 1 is 0.379 bits per heavy atom. The SMILES string of the molecule is c1ccc(N(c2cccc(C3(c4ccccc4)c4ccccc4-c4ccccc43)c2)c2ccc3oc4cccc(-c5cccc6c5sc5ccccc56)c4c3c2)cc1. The van der Waals surface area contributed by atoms with Gasteiger partial charge in [-0.1, -0.05) is 158 Å². The van der Waals surface area contributed by atoms with Crippen LogP contribution in [0.5, 0.6) is 0 Å². The summed E-state index contributed by atoms with van der Waals surface area (Å²) in [5.41, 5.74) is 14.6. The zero-order valence-electron chi connectivity index (χ0n) is 31.5. The molecule has 0 spiro atoms. The fraction of sp³-hybridized carbons (Fsp3) is 0.0182. The number of furan rings is 1. The molecule has 2 heterocycles. The number of para-hydroxylation sites is 1. The third-order valence-corrected chi connectivity index (χ3v) is 13.4. The first-order chi connectivity index (χ1) is 28.8. The molecule has 11 aromatic rings. The smallest absolute Gasteiger partial charge is 0.136 e. The molecule has 58 heavy (non-hydrogen) atoms. The van der Waals surface area contributed by atoms with E-state index < -0.39 is 5.41 Å². The lowest BCUT2D eigenvalue weighted by Crippen LogP contribution is -2.28. The van der Waals surface area contributed by atoms with Crippen LogP contribution in [0.4, 0.5) is 17.1 Å². The average molecular weight is 758 g/mol. The summed E-state index contributed by atoms with van der Waals surface area (Å²) < 4.78 is 9.23. The summed E-state index contributed by atoms with van der Waals surface area (Å²) in [6, 6.07) is 77.4. The van der Waals surface area contributed by atoms with Crippen molar-refractivity contribution >= 4 is 70.5 Å². The Bertz CT molecular complexity index is 3310. The largest absolute Gasteiger partial charge is 0.456 e. The highest BCUT2D eigenvalue weighted by Gasteiger charge is 2.46. The van der Waals surface area contributed by atoms with Crippen LogP contribution in [0.15, 0.2) is 217 Å². The standard InChI is InChI=1S/C55H35NOS/c1-3-16-36(17-4-1)55(48-28-10-7-22-41(48)42-23-8-11-29-49(42)55)37-18-13-21-39(34-37)56(38-19-5-2-6-20-38)40-32-33-50-47(35-40)53-44(25-15-30-51(53)57-50)46-27-14-26-45-43-24-9-12-31-52(43)58-54(45)46/h1-35H. The molecule has 0 bridgehead atoms. The molecule has 0 unspecified atom stereocenters. The summed E-state index contributed by atoms with van der Waals surface area (Å²) in [5.74, 6) is 0. The highest BCUT2D eigenvalue weighted by atomic mass is 32.1. The van der Waals surface area contributed by atoms with Crippen molar-refractivity contribution in [1.82, 2.24) is 0 Å². The maximum absolute atomic E-state index is 6.63. The van der Waals surface area contributed by atoms with Crippen molar-refractivity contribution in [3.05, 3.63) is 235 Å². The van der Waals surface area contributed by atoms with Gasteiger partial charge < -0.3 is 9.32 Å². The highest BCUT2D eigenvalue weighted by molar-refractivity contribution is 7.26. The fourth-order valence-corrected chi connectivity index (χ4v) is 11.0. The normalized spacial score (nSPS) is 13.0. The number of fused-ring (bicyclic) bond motifs is 9. The van der Waals surface area contributed by atoms with Crippen molar-refractivity contribution in [1.29, 1.82) is 0 Å². The number of nitrogens with zero attached hydrogens (tertiary/aromatic N) is 1. The summed E-state index contributed by atoms with van der Waals surface area (Å²) in [7, 11) is 0. The number of hydrogen-bond donors (Lipinski definition) is 0. The lowest BCUT2D eigenvalue weighted by Gasteiger charge is -2.35. The molecule has 0 fully saturated rings. The van der Waals surface area contributed by atoms with Gasteiger partial charge in [0.25, 0.3) is 0 Å².